The Bertz CT molecular complexity index is 748. The van der Waals surface area contributed by atoms with Crippen LogP contribution in [0, 0.1) is 12.3 Å². The lowest BCUT2D eigenvalue weighted by molar-refractivity contribution is -0.137. The van der Waals surface area contributed by atoms with Gasteiger partial charge in [-0.1, -0.05) is 24.1 Å². The molecule has 2 rings (SSSR count). The SMILES string of the molecule is C#CCNC(=O)c1ccccc1Nc1cccc(C(F)(F)F)c1. The maximum absolute atomic E-state index is 12.7. The number of rotatable bonds is 4. The van der Waals surface area contributed by atoms with Crippen molar-refractivity contribution in [3.8, 4) is 12.3 Å². The van der Waals surface area contributed by atoms with E-state index < -0.39 is 17.6 Å². The van der Waals surface area contributed by atoms with E-state index in [9.17, 15) is 18.0 Å². The van der Waals surface area contributed by atoms with Gasteiger partial charge in [-0.05, 0) is 30.3 Å². The zero-order chi connectivity index (χ0) is 16.9. The van der Waals surface area contributed by atoms with Crippen molar-refractivity contribution >= 4 is 17.3 Å². The Morgan fingerprint density at radius 2 is 1.87 bits per heavy atom. The highest BCUT2D eigenvalue weighted by Gasteiger charge is 2.30. The Hall–Kier alpha value is -2.94. The summed E-state index contributed by atoms with van der Waals surface area (Å²) in [6.45, 7) is 0.0662. The number of halogens is 3. The molecule has 2 aromatic rings. The topological polar surface area (TPSA) is 41.1 Å². The first-order valence-corrected chi connectivity index (χ1v) is 6.67. The van der Waals surface area contributed by atoms with Gasteiger partial charge in [-0.2, -0.15) is 13.2 Å². The molecule has 0 aliphatic rings. The summed E-state index contributed by atoms with van der Waals surface area (Å²) in [7, 11) is 0. The number of para-hydroxylation sites is 1. The summed E-state index contributed by atoms with van der Waals surface area (Å²) >= 11 is 0. The van der Waals surface area contributed by atoms with Crippen molar-refractivity contribution in [3.63, 3.8) is 0 Å². The molecule has 0 saturated carbocycles. The Kier molecular flexibility index (Phi) is 4.91. The fourth-order valence-electron chi connectivity index (χ4n) is 1.95. The molecule has 0 heterocycles. The molecule has 0 atom stereocenters. The third kappa shape index (κ3) is 4.27. The summed E-state index contributed by atoms with van der Waals surface area (Å²) < 4.78 is 38.2. The number of amides is 1. The lowest BCUT2D eigenvalue weighted by Crippen LogP contribution is -2.24. The van der Waals surface area contributed by atoms with Gasteiger partial charge >= 0.3 is 6.18 Å². The van der Waals surface area contributed by atoms with Crippen LogP contribution in [0.1, 0.15) is 15.9 Å². The fourth-order valence-corrected chi connectivity index (χ4v) is 1.95. The van der Waals surface area contributed by atoms with Crippen molar-refractivity contribution in [2.24, 2.45) is 0 Å². The normalized spacial score (nSPS) is 10.7. The summed E-state index contributed by atoms with van der Waals surface area (Å²) in [6, 6.07) is 11.2. The van der Waals surface area contributed by atoms with Crippen LogP contribution in [-0.4, -0.2) is 12.5 Å². The minimum absolute atomic E-state index is 0.0662. The molecule has 0 aliphatic carbocycles. The third-order valence-corrected chi connectivity index (χ3v) is 2.99. The summed E-state index contributed by atoms with van der Waals surface area (Å²) in [6.07, 6.45) is 0.658. The molecular formula is C17H13F3N2O. The first-order valence-electron chi connectivity index (χ1n) is 6.67. The lowest BCUT2D eigenvalue weighted by Gasteiger charge is -2.13. The number of carbonyl (C=O) groups is 1. The Labute approximate surface area is 131 Å². The van der Waals surface area contributed by atoms with Gasteiger partial charge in [0.1, 0.15) is 0 Å². The zero-order valence-corrected chi connectivity index (χ0v) is 11.9. The second-order valence-corrected chi connectivity index (χ2v) is 4.64. The molecule has 0 bridgehead atoms. The van der Waals surface area contributed by atoms with Crippen LogP contribution in [0.2, 0.25) is 0 Å². The van der Waals surface area contributed by atoms with Crippen LogP contribution in [0.4, 0.5) is 24.5 Å². The van der Waals surface area contributed by atoms with Crippen molar-refractivity contribution < 1.29 is 18.0 Å². The molecule has 0 aliphatic heterocycles. The second kappa shape index (κ2) is 6.88. The zero-order valence-electron chi connectivity index (χ0n) is 11.9. The maximum Gasteiger partial charge on any atom is 0.416 e. The summed E-state index contributed by atoms with van der Waals surface area (Å²) in [4.78, 5) is 12.0. The van der Waals surface area contributed by atoms with Crippen molar-refractivity contribution in [3.05, 3.63) is 59.7 Å². The number of nitrogens with one attached hydrogen (secondary N) is 2. The van der Waals surface area contributed by atoms with E-state index in [4.69, 9.17) is 6.42 Å². The first-order chi connectivity index (χ1) is 10.9. The van der Waals surface area contributed by atoms with Gasteiger partial charge < -0.3 is 10.6 Å². The van der Waals surface area contributed by atoms with Gasteiger partial charge in [0.05, 0.1) is 23.4 Å². The Balaban J connectivity index is 2.28. The van der Waals surface area contributed by atoms with E-state index >= 15 is 0 Å². The summed E-state index contributed by atoms with van der Waals surface area (Å²) in [5.41, 5.74) is 0.148. The number of terminal acetylenes is 1. The molecule has 0 saturated heterocycles. The van der Waals surface area contributed by atoms with Crippen LogP contribution in [0.25, 0.3) is 0 Å². The van der Waals surface area contributed by atoms with Crippen molar-refractivity contribution in [2.45, 2.75) is 6.18 Å². The van der Waals surface area contributed by atoms with E-state index in [1.165, 1.54) is 12.1 Å². The van der Waals surface area contributed by atoms with E-state index in [1.54, 1.807) is 24.3 Å². The average Bonchev–Trinajstić information content (AvgIpc) is 2.52. The second-order valence-electron chi connectivity index (χ2n) is 4.64. The van der Waals surface area contributed by atoms with E-state index in [2.05, 4.69) is 16.6 Å². The molecule has 0 fully saturated rings. The number of hydrogen-bond acceptors (Lipinski definition) is 2. The van der Waals surface area contributed by atoms with Crippen molar-refractivity contribution in [1.29, 1.82) is 0 Å². The van der Waals surface area contributed by atoms with E-state index in [0.29, 0.717) is 11.3 Å². The van der Waals surface area contributed by atoms with Crippen LogP contribution in [-0.2, 0) is 6.18 Å². The number of anilines is 2. The smallest absolute Gasteiger partial charge is 0.355 e. The average molecular weight is 318 g/mol. The molecule has 0 spiro atoms. The molecule has 6 heteroatoms. The number of benzene rings is 2. The van der Waals surface area contributed by atoms with Gasteiger partial charge in [-0.25, -0.2) is 0 Å². The maximum atomic E-state index is 12.7. The quantitative estimate of drug-likeness (QED) is 0.842. The van der Waals surface area contributed by atoms with Gasteiger partial charge in [0, 0.05) is 5.69 Å². The molecule has 2 N–H and O–H groups in total. The minimum Gasteiger partial charge on any atom is -0.355 e. The van der Waals surface area contributed by atoms with E-state index in [1.807, 2.05) is 0 Å². The lowest BCUT2D eigenvalue weighted by atomic mass is 10.1. The van der Waals surface area contributed by atoms with Crippen LogP contribution < -0.4 is 10.6 Å². The Morgan fingerprint density at radius 1 is 1.13 bits per heavy atom. The van der Waals surface area contributed by atoms with Gasteiger partial charge in [0.2, 0.25) is 0 Å². The molecule has 2 aromatic carbocycles. The van der Waals surface area contributed by atoms with Crippen molar-refractivity contribution in [2.75, 3.05) is 11.9 Å². The van der Waals surface area contributed by atoms with Crippen LogP contribution in [0.5, 0.6) is 0 Å². The highest BCUT2D eigenvalue weighted by molar-refractivity contribution is 6.00. The molecule has 118 valence electrons. The van der Waals surface area contributed by atoms with E-state index in [-0.39, 0.29) is 12.2 Å². The van der Waals surface area contributed by atoms with Gasteiger partial charge in [0.25, 0.3) is 5.91 Å². The largest absolute Gasteiger partial charge is 0.416 e. The standard InChI is InChI=1S/C17H13F3N2O/c1-2-10-21-16(23)14-8-3-4-9-15(14)22-13-7-5-6-12(11-13)17(18,19)20/h1,3-9,11,22H,10H2,(H,21,23). The summed E-state index contributed by atoms with van der Waals surface area (Å²) in [5, 5.41) is 5.35. The molecule has 0 unspecified atom stereocenters. The fraction of sp³-hybridized carbons (Fsp3) is 0.118. The molecule has 0 aromatic heterocycles. The van der Waals surface area contributed by atoms with Crippen LogP contribution >= 0.6 is 0 Å². The summed E-state index contributed by atoms with van der Waals surface area (Å²) in [5.74, 6) is 1.88. The van der Waals surface area contributed by atoms with Crippen LogP contribution in [0.15, 0.2) is 48.5 Å². The minimum atomic E-state index is -4.43. The van der Waals surface area contributed by atoms with Crippen molar-refractivity contribution in [1.82, 2.24) is 5.32 Å². The van der Waals surface area contributed by atoms with Gasteiger partial charge in [-0.15, -0.1) is 6.42 Å². The number of alkyl halides is 3. The monoisotopic (exact) mass is 318 g/mol. The molecule has 23 heavy (non-hydrogen) atoms. The molecular weight excluding hydrogens is 305 g/mol. The molecule has 3 nitrogen and oxygen atoms in total. The third-order valence-electron chi connectivity index (χ3n) is 2.99. The predicted molar refractivity (Wildman–Crippen MR) is 82.3 cm³/mol. The number of carbonyl (C=O) groups excluding carboxylic acids is 1. The molecule has 0 radical (unpaired) electrons. The predicted octanol–water partition coefficient (Wildman–Crippen LogP) is 3.81. The molecule has 1 amide bonds. The van der Waals surface area contributed by atoms with Gasteiger partial charge in [0.15, 0.2) is 0 Å². The Morgan fingerprint density at radius 3 is 2.57 bits per heavy atom. The first kappa shape index (κ1) is 16.4. The van der Waals surface area contributed by atoms with E-state index in [0.717, 1.165) is 12.1 Å². The highest BCUT2D eigenvalue weighted by atomic mass is 19.4. The van der Waals surface area contributed by atoms with Gasteiger partial charge in [-0.3, -0.25) is 4.79 Å². The number of hydrogen-bond donors (Lipinski definition) is 2. The highest BCUT2D eigenvalue weighted by Crippen LogP contribution is 2.31. The van der Waals surface area contributed by atoms with Crippen LogP contribution in [0.3, 0.4) is 0 Å².